The van der Waals surface area contributed by atoms with Crippen LogP contribution in [0, 0.1) is 0 Å². The number of benzene rings is 1. The Bertz CT molecular complexity index is 672. The van der Waals surface area contributed by atoms with E-state index < -0.39 is 0 Å². The maximum absolute atomic E-state index is 9.09. The van der Waals surface area contributed by atoms with Crippen molar-refractivity contribution in [3.63, 3.8) is 0 Å². The first kappa shape index (κ1) is 19.7. The van der Waals surface area contributed by atoms with E-state index in [1.165, 1.54) is 0 Å². The third kappa shape index (κ3) is 4.32. The number of aliphatic hydroxyl groups excluding tert-OH is 1. The number of aromatic nitrogens is 2. The molecule has 0 amide bonds. The van der Waals surface area contributed by atoms with Crippen LogP contribution in [0.2, 0.25) is 0 Å². The van der Waals surface area contributed by atoms with E-state index in [1.54, 1.807) is 0 Å². The number of piperazine rings is 1. The summed E-state index contributed by atoms with van der Waals surface area (Å²) in [5.74, 6) is 1.85. The Labute approximate surface area is 155 Å². The van der Waals surface area contributed by atoms with Gasteiger partial charge in [-0.3, -0.25) is 4.90 Å². The molecule has 1 aliphatic rings. The van der Waals surface area contributed by atoms with Crippen molar-refractivity contribution in [3.05, 3.63) is 24.3 Å². The lowest BCUT2D eigenvalue weighted by Gasteiger charge is -2.35. The molecule has 138 valence electrons. The number of β-amino-alcohol motifs (C(OH)–C–C–N with tert-alkyl or cyclic N) is 1. The molecular formula is C18H27ClN5O-. The molecule has 7 heteroatoms. The Morgan fingerprint density at radius 1 is 1.04 bits per heavy atom. The fourth-order valence-electron chi connectivity index (χ4n) is 3.27. The Kier molecular flexibility index (Phi) is 7.23. The lowest BCUT2D eigenvalue weighted by atomic mass is 10.2. The molecule has 2 aromatic rings. The highest BCUT2D eigenvalue weighted by Gasteiger charge is 2.21. The van der Waals surface area contributed by atoms with Crippen LogP contribution in [0.25, 0.3) is 10.9 Å². The highest BCUT2D eigenvalue weighted by Crippen LogP contribution is 2.26. The first-order chi connectivity index (χ1) is 11.8. The van der Waals surface area contributed by atoms with Crippen molar-refractivity contribution in [2.75, 3.05) is 62.2 Å². The van der Waals surface area contributed by atoms with Gasteiger partial charge in [-0.15, -0.1) is 0 Å². The van der Waals surface area contributed by atoms with Gasteiger partial charge in [0.2, 0.25) is 5.95 Å². The number of nitrogens with zero attached hydrogens (tertiary/aromatic N) is 5. The Hall–Kier alpha value is -1.63. The molecular weight excluding hydrogens is 338 g/mol. The Morgan fingerprint density at radius 2 is 1.72 bits per heavy atom. The number of para-hydroxylation sites is 1. The summed E-state index contributed by atoms with van der Waals surface area (Å²) in [4.78, 5) is 16.5. The van der Waals surface area contributed by atoms with Gasteiger partial charge < -0.3 is 27.3 Å². The fraction of sp³-hybridized carbons (Fsp3) is 0.556. The zero-order valence-electron chi connectivity index (χ0n) is 15.0. The van der Waals surface area contributed by atoms with Gasteiger partial charge in [0.25, 0.3) is 0 Å². The molecule has 1 saturated heterocycles. The molecule has 1 aromatic heterocycles. The van der Waals surface area contributed by atoms with E-state index in [2.05, 4.69) is 40.7 Å². The Balaban J connectivity index is 0.00000225. The molecule has 0 unspecified atom stereocenters. The molecule has 1 aliphatic heterocycles. The van der Waals surface area contributed by atoms with Gasteiger partial charge in [0, 0.05) is 51.2 Å². The van der Waals surface area contributed by atoms with Crippen molar-refractivity contribution in [3.8, 4) is 0 Å². The smallest absolute Gasteiger partial charge is 0.227 e. The summed E-state index contributed by atoms with van der Waals surface area (Å²) in [5.41, 5.74) is 1.00. The molecule has 0 radical (unpaired) electrons. The molecule has 1 N–H and O–H groups in total. The molecule has 2 heterocycles. The standard InChI is InChI=1S/C18H27N5O.ClH/c1-3-22(4-2)17-15-7-5-6-8-16(15)19-18(20-17)23-11-9-21(10-12-23)13-14-24;/h5-8,24H,3-4,9-14H2,1-2H3;1H/p-1. The topological polar surface area (TPSA) is 55.7 Å². The number of hydrogen-bond donors (Lipinski definition) is 1. The van der Waals surface area contributed by atoms with Crippen LogP contribution in [0.3, 0.4) is 0 Å². The minimum Gasteiger partial charge on any atom is -1.00 e. The average molecular weight is 365 g/mol. The average Bonchev–Trinajstić information content (AvgIpc) is 2.63. The number of anilines is 2. The monoisotopic (exact) mass is 364 g/mol. The van der Waals surface area contributed by atoms with Gasteiger partial charge in [0.05, 0.1) is 12.1 Å². The van der Waals surface area contributed by atoms with Crippen molar-refractivity contribution < 1.29 is 17.5 Å². The molecule has 3 rings (SSSR count). The normalized spacial score (nSPS) is 15.2. The van der Waals surface area contributed by atoms with Gasteiger partial charge in [0.15, 0.2) is 0 Å². The van der Waals surface area contributed by atoms with Crippen LogP contribution < -0.4 is 22.2 Å². The van der Waals surface area contributed by atoms with E-state index in [1.807, 2.05) is 12.1 Å². The summed E-state index contributed by atoms with van der Waals surface area (Å²) in [6.07, 6.45) is 0. The van der Waals surface area contributed by atoms with Gasteiger partial charge in [0.1, 0.15) is 5.82 Å². The summed E-state index contributed by atoms with van der Waals surface area (Å²) >= 11 is 0. The predicted octanol–water partition coefficient (Wildman–Crippen LogP) is -1.41. The van der Waals surface area contributed by atoms with Crippen molar-refractivity contribution >= 4 is 22.7 Å². The summed E-state index contributed by atoms with van der Waals surface area (Å²) in [7, 11) is 0. The molecule has 6 nitrogen and oxygen atoms in total. The van der Waals surface area contributed by atoms with Gasteiger partial charge in [-0.25, -0.2) is 4.98 Å². The van der Waals surface area contributed by atoms with Crippen molar-refractivity contribution in [2.45, 2.75) is 13.8 Å². The highest BCUT2D eigenvalue weighted by molar-refractivity contribution is 5.90. The van der Waals surface area contributed by atoms with E-state index in [0.29, 0.717) is 0 Å². The van der Waals surface area contributed by atoms with Crippen LogP contribution in [0.4, 0.5) is 11.8 Å². The minimum absolute atomic E-state index is 0. The number of fused-ring (bicyclic) bond motifs is 1. The largest absolute Gasteiger partial charge is 1.00 e. The zero-order chi connectivity index (χ0) is 16.9. The second-order valence-corrected chi connectivity index (χ2v) is 6.09. The molecule has 1 fully saturated rings. The quantitative estimate of drug-likeness (QED) is 0.680. The number of rotatable bonds is 6. The van der Waals surface area contributed by atoms with Crippen LogP contribution in [0.5, 0.6) is 0 Å². The molecule has 1 aromatic carbocycles. The minimum atomic E-state index is 0. The fourth-order valence-corrected chi connectivity index (χ4v) is 3.27. The predicted molar refractivity (Wildman–Crippen MR) is 98.8 cm³/mol. The molecule has 0 aliphatic carbocycles. The van der Waals surface area contributed by atoms with Crippen molar-refractivity contribution in [1.82, 2.24) is 14.9 Å². The van der Waals surface area contributed by atoms with Gasteiger partial charge in [-0.2, -0.15) is 4.98 Å². The molecule has 0 saturated carbocycles. The number of aliphatic hydroxyl groups is 1. The van der Waals surface area contributed by atoms with Crippen molar-refractivity contribution in [2.24, 2.45) is 0 Å². The molecule has 0 atom stereocenters. The summed E-state index contributed by atoms with van der Waals surface area (Å²) in [5, 5.41) is 10.2. The molecule has 0 bridgehead atoms. The first-order valence-electron chi connectivity index (χ1n) is 8.86. The van der Waals surface area contributed by atoms with E-state index in [9.17, 15) is 0 Å². The number of hydrogen-bond acceptors (Lipinski definition) is 6. The summed E-state index contributed by atoms with van der Waals surface area (Å²) in [6.45, 7) is 10.8. The van der Waals surface area contributed by atoms with Crippen molar-refractivity contribution in [1.29, 1.82) is 0 Å². The Morgan fingerprint density at radius 3 is 2.36 bits per heavy atom. The molecule has 0 spiro atoms. The van der Waals surface area contributed by atoms with Crippen LogP contribution in [-0.2, 0) is 0 Å². The van der Waals surface area contributed by atoms with Gasteiger partial charge >= 0.3 is 0 Å². The zero-order valence-corrected chi connectivity index (χ0v) is 15.8. The first-order valence-corrected chi connectivity index (χ1v) is 8.86. The van der Waals surface area contributed by atoms with Gasteiger partial charge in [-0.1, -0.05) is 12.1 Å². The lowest BCUT2D eigenvalue weighted by Crippen LogP contribution is -3.00. The third-order valence-electron chi connectivity index (χ3n) is 4.71. The van der Waals surface area contributed by atoms with E-state index in [4.69, 9.17) is 15.1 Å². The maximum atomic E-state index is 9.09. The van der Waals surface area contributed by atoms with Gasteiger partial charge in [-0.05, 0) is 26.0 Å². The SMILES string of the molecule is CCN(CC)c1nc(N2CCN(CCO)CC2)nc2ccccc12.[Cl-]. The van der Waals surface area contributed by atoms with E-state index in [-0.39, 0.29) is 19.0 Å². The van der Waals surface area contributed by atoms with E-state index >= 15 is 0 Å². The summed E-state index contributed by atoms with van der Waals surface area (Å²) in [6, 6.07) is 8.25. The molecule has 25 heavy (non-hydrogen) atoms. The number of halogens is 1. The van der Waals surface area contributed by atoms with Crippen LogP contribution in [0.1, 0.15) is 13.8 Å². The second kappa shape index (κ2) is 9.17. The van der Waals surface area contributed by atoms with E-state index in [0.717, 1.165) is 68.5 Å². The lowest BCUT2D eigenvalue weighted by molar-refractivity contribution is -0.00000626. The highest BCUT2D eigenvalue weighted by atomic mass is 35.5. The van der Waals surface area contributed by atoms with Crippen LogP contribution in [0.15, 0.2) is 24.3 Å². The van der Waals surface area contributed by atoms with Crippen LogP contribution in [-0.4, -0.2) is 72.4 Å². The van der Waals surface area contributed by atoms with Crippen LogP contribution >= 0.6 is 0 Å². The maximum Gasteiger partial charge on any atom is 0.227 e. The summed E-state index contributed by atoms with van der Waals surface area (Å²) < 4.78 is 0. The second-order valence-electron chi connectivity index (χ2n) is 6.09. The third-order valence-corrected chi connectivity index (χ3v) is 4.71.